The van der Waals surface area contributed by atoms with Gasteiger partial charge in [0.1, 0.15) is 23.1 Å². The molecule has 474 valence electrons. The number of rotatable bonds is 16. The Morgan fingerprint density at radius 1 is 0.876 bits per heavy atom. The average Bonchev–Trinajstić information content (AvgIpc) is 1.51. The fourth-order valence-corrected chi connectivity index (χ4v) is 16.5. The molecule has 1 amide bonds. The van der Waals surface area contributed by atoms with Crippen LogP contribution in [-0.4, -0.2) is 165 Å². The second-order valence-electron chi connectivity index (χ2n) is 26.5. The van der Waals surface area contributed by atoms with Crippen molar-refractivity contribution in [1.29, 1.82) is 0 Å². The molecule has 6 aliphatic heterocycles. The molecular weight excluding hydrogens is 1150 g/mol. The maximum absolute atomic E-state index is 14.9. The number of benzene rings is 3. The second-order valence-corrected chi connectivity index (χ2v) is 28.2. The zero-order valence-electron chi connectivity index (χ0n) is 51.7. The van der Waals surface area contributed by atoms with Gasteiger partial charge in [0, 0.05) is 93.9 Å². The SMILES string of the molecule is COc1cc(CN2CCC3(CCN(C4CCN(c5ccc(C(=O)NS(=O)(=O)c6ccc(NCC7CCC(C)(O)CC7)c([N+](=O)[O-])c6)c(N6c7cc8cc[nH]c8nc7O[C@H]7COCC[C@@H]76)c5)CC4)CC3)[C@H](c3ccccc3C(C)C)C2)cnc1N1CCOCC1. The third-order valence-corrected chi connectivity index (χ3v) is 22.0. The summed E-state index contributed by atoms with van der Waals surface area (Å²) in [5, 5.41) is 26.9. The number of nitro benzene ring substituents is 1. The van der Waals surface area contributed by atoms with Crippen molar-refractivity contribution in [2.75, 3.05) is 112 Å². The highest BCUT2D eigenvalue weighted by Crippen LogP contribution is 2.53. The maximum atomic E-state index is 14.9. The molecule has 6 aromatic rings. The summed E-state index contributed by atoms with van der Waals surface area (Å²) in [7, 11) is -2.91. The first-order valence-corrected chi connectivity index (χ1v) is 33.6. The Kier molecular flexibility index (Phi) is 17.3. The van der Waals surface area contributed by atoms with Crippen LogP contribution in [0.1, 0.15) is 124 Å². The van der Waals surface area contributed by atoms with Crippen molar-refractivity contribution >= 4 is 61.2 Å². The standard InChI is InChI=1S/C67H85N11O10S/c1-44(2)51-7-5-6-8-52(51)54-42-73(41-46-35-60(85-4)63(70-40-46)76-30-33-86-34-31-76)27-21-67(54)22-28-75(29-23-67)48-16-25-74(26-17-48)49-9-11-53(57(37-49)77-56-18-32-87-43-61(56)88-65-59(77)36-47-15-24-68-62(47)71-65)64(79)72-89(83,84)50-10-12-55(58(38-50)78(81)82)69-39-45-13-19-66(3,80)20-14-45/h5-12,15,24,35-38,40,44-45,48,54,56,61,69,80H,13-14,16-23,25-34,39,41-43H2,1-4H3,(H,68,71)(H,72,79)/t45?,54-,56-,61-,66?/m0/s1. The monoisotopic (exact) mass is 1240 g/mol. The van der Waals surface area contributed by atoms with Crippen LogP contribution in [0.15, 0.2) is 96.2 Å². The van der Waals surface area contributed by atoms with E-state index in [0.29, 0.717) is 93.0 Å². The van der Waals surface area contributed by atoms with Crippen LogP contribution in [0.3, 0.4) is 0 Å². The first-order valence-electron chi connectivity index (χ1n) is 32.2. The van der Waals surface area contributed by atoms with E-state index in [2.05, 4.69) is 83.7 Å². The molecule has 89 heavy (non-hydrogen) atoms. The first-order chi connectivity index (χ1) is 43.0. The number of methoxy groups -OCH3 is 1. The van der Waals surface area contributed by atoms with Crippen LogP contribution in [0.2, 0.25) is 0 Å². The van der Waals surface area contributed by atoms with Crippen LogP contribution in [0.4, 0.5) is 34.3 Å². The highest BCUT2D eigenvalue weighted by molar-refractivity contribution is 7.90. The number of nitrogens with zero attached hydrogens (tertiary/aromatic N) is 8. The molecule has 1 aliphatic carbocycles. The summed E-state index contributed by atoms with van der Waals surface area (Å²) in [5.74, 6) is 2.16. The number of aliphatic hydroxyl groups is 1. The number of nitrogens with one attached hydrogen (secondary N) is 3. The number of morpholine rings is 1. The van der Waals surface area contributed by atoms with Gasteiger partial charge in [-0.15, -0.1) is 0 Å². The van der Waals surface area contributed by atoms with Crippen LogP contribution >= 0.6 is 0 Å². The van der Waals surface area contributed by atoms with E-state index in [1.807, 2.05) is 43.6 Å². The Morgan fingerprint density at radius 2 is 1.65 bits per heavy atom. The number of hydrogen-bond acceptors (Lipinski definition) is 18. The van der Waals surface area contributed by atoms with E-state index in [-0.39, 0.29) is 28.6 Å². The van der Waals surface area contributed by atoms with Gasteiger partial charge in [-0.1, -0.05) is 38.1 Å². The smallest absolute Gasteiger partial charge is 0.293 e. The van der Waals surface area contributed by atoms with Gasteiger partial charge in [0.25, 0.3) is 21.6 Å². The summed E-state index contributed by atoms with van der Waals surface area (Å²) >= 11 is 0. The Morgan fingerprint density at radius 3 is 2.42 bits per heavy atom. The van der Waals surface area contributed by atoms with E-state index in [1.165, 1.54) is 23.3 Å². The van der Waals surface area contributed by atoms with Gasteiger partial charge in [-0.25, -0.2) is 18.1 Å². The first kappa shape index (κ1) is 60.8. The van der Waals surface area contributed by atoms with E-state index < -0.39 is 43.1 Å². The van der Waals surface area contributed by atoms with Crippen molar-refractivity contribution < 1.29 is 42.2 Å². The topological polar surface area (TPSA) is 233 Å². The molecule has 1 saturated carbocycles. The van der Waals surface area contributed by atoms with Crippen LogP contribution in [0.25, 0.3) is 11.0 Å². The van der Waals surface area contributed by atoms with E-state index in [1.54, 1.807) is 13.2 Å². The lowest BCUT2D eigenvalue weighted by molar-refractivity contribution is -0.384. The molecule has 5 saturated heterocycles. The summed E-state index contributed by atoms with van der Waals surface area (Å²) in [6.07, 6.45) is 12.1. The maximum Gasteiger partial charge on any atom is 0.293 e. The highest BCUT2D eigenvalue weighted by atomic mass is 32.2. The number of carbonyl (C=O) groups excluding carboxylic acids is 1. The second kappa shape index (κ2) is 25.3. The van der Waals surface area contributed by atoms with Crippen molar-refractivity contribution in [2.45, 2.75) is 132 Å². The van der Waals surface area contributed by atoms with Crippen molar-refractivity contribution in [3.8, 4) is 11.6 Å². The van der Waals surface area contributed by atoms with Gasteiger partial charge in [0.05, 0.1) is 59.6 Å². The predicted molar refractivity (Wildman–Crippen MR) is 343 cm³/mol. The molecule has 1 spiro atoms. The molecule has 0 radical (unpaired) electrons. The lowest BCUT2D eigenvalue weighted by Crippen LogP contribution is -2.54. The van der Waals surface area contributed by atoms with Gasteiger partial charge >= 0.3 is 0 Å². The van der Waals surface area contributed by atoms with E-state index >= 15 is 0 Å². The minimum absolute atomic E-state index is 0.108. The largest absolute Gasteiger partial charge is 0.493 e. The number of aromatic nitrogens is 3. The molecule has 22 heteroatoms. The number of piperidine rings is 3. The molecule has 9 heterocycles. The number of pyridine rings is 2. The average molecular weight is 1240 g/mol. The molecule has 3 atom stereocenters. The summed E-state index contributed by atoms with van der Waals surface area (Å²) in [4.78, 5) is 51.5. The number of hydrogen-bond donors (Lipinski definition) is 4. The lowest BCUT2D eigenvalue weighted by atomic mass is 9.61. The van der Waals surface area contributed by atoms with Gasteiger partial charge in [-0.2, -0.15) is 4.98 Å². The molecule has 21 nitrogen and oxygen atoms in total. The molecule has 3 aromatic heterocycles. The van der Waals surface area contributed by atoms with Crippen LogP contribution in [-0.2, 0) is 26.0 Å². The number of ether oxygens (including phenoxy) is 4. The quantitative estimate of drug-likeness (QED) is 0.0521. The number of likely N-dealkylation sites (tertiary alicyclic amines) is 2. The molecule has 6 fully saturated rings. The van der Waals surface area contributed by atoms with Gasteiger partial charge in [0.15, 0.2) is 11.6 Å². The number of anilines is 5. The molecule has 3 aromatic carbocycles. The normalized spacial score (nSPS) is 24.5. The summed E-state index contributed by atoms with van der Waals surface area (Å²) < 4.78 is 55.1. The zero-order valence-corrected chi connectivity index (χ0v) is 52.5. The number of sulfonamides is 1. The highest BCUT2D eigenvalue weighted by Gasteiger charge is 2.48. The minimum atomic E-state index is -4.65. The molecule has 7 aliphatic rings. The van der Waals surface area contributed by atoms with Crippen molar-refractivity contribution in [3.05, 3.63) is 124 Å². The fraction of sp³-hybridized carbons (Fsp3) is 0.537. The van der Waals surface area contributed by atoms with Gasteiger partial charge in [0.2, 0.25) is 5.88 Å². The summed E-state index contributed by atoms with van der Waals surface area (Å²) in [5.41, 5.74) is 6.08. The van der Waals surface area contributed by atoms with Crippen molar-refractivity contribution in [3.63, 3.8) is 0 Å². The van der Waals surface area contributed by atoms with Crippen molar-refractivity contribution in [2.24, 2.45) is 11.3 Å². The molecule has 13 rings (SSSR count). The van der Waals surface area contributed by atoms with E-state index in [4.69, 9.17) is 28.9 Å². The third-order valence-electron chi connectivity index (χ3n) is 20.6. The van der Waals surface area contributed by atoms with Crippen molar-refractivity contribution in [1.82, 2.24) is 29.5 Å². The molecular formula is C67H85N11O10S. The van der Waals surface area contributed by atoms with Crippen LogP contribution in [0, 0.1) is 21.4 Å². The molecule has 0 unspecified atom stereocenters. The van der Waals surface area contributed by atoms with Gasteiger partial charge in [-0.05, 0) is 173 Å². The summed E-state index contributed by atoms with van der Waals surface area (Å²) in [6, 6.07) is 24.6. The van der Waals surface area contributed by atoms with Crippen LogP contribution < -0.4 is 34.2 Å². The zero-order chi connectivity index (χ0) is 61.6. The van der Waals surface area contributed by atoms with Gasteiger partial charge < -0.3 is 54.0 Å². The number of H-pyrrole nitrogens is 1. The Hall–Kier alpha value is -7.08. The predicted octanol–water partition coefficient (Wildman–Crippen LogP) is 9.74. The van der Waals surface area contributed by atoms with E-state index in [9.17, 15) is 28.4 Å². The number of amides is 1. The molecule has 0 bridgehead atoms. The third kappa shape index (κ3) is 12.6. The van der Waals surface area contributed by atoms with Crippen LogP contribution in [0.5, 0.6) is 11.6 Å². The number of aromatic amines is 1. The Bertz CT molecular complexity index is 3660. The number of fused-ring (bicyclic) bond motifs is 3. The Labute approximate surface area is 521 Å². The fourth-order valence-electron chi connectivity index (χ4n) is 15.5. The number of carbonyl (C=O) groups is 1. The van der Waals surface area contributed by atoms with E-state index in [0.717, 1.165) is 138 Å². The van der Waals surface area contributed by atoms with Gasteiger partial charge in [-0.3, -0.25) is 19.8 Å². The lowest BCUT2D eigenvalue weighted by Gasteiger charge is -2.54. The minimum Gasteiger partial charge on any atom is -0.493 e. The number of nitro groups is 1. The summed E-state index contributed by atoms with van der Waals surface area (Å²) in [6.45, 7) is 17.1. The Balaban J connectivity index is 0.731. The molecule has 4 N–H and O–H groups in total.